The predicted molar refractivity (Wildman–Crippen MR) is 63.5 cm³/mol. The van der Waals surface area contributed by atoms with Gasteiger partial charge in [0.15, 0.2) is 5.82 Å². The Morgan fingerprint density at radius 1 is 1.19 bits per heavy atom. The Labute approximate surface area is 99.4 Å². The van der Waals surface area contributed by atoms with Gasteiger partial charge in [-0.3, -0.25) is 0 Å². The minimum absolute atomic E-state index is 0.236. The molecule has 0 bridgehead atoms. The van der Waals surface area contributed by atoms with Crippen LogP contribution < -0.4 is 10.6 Å². The number of alkyl halides is 1. The molecular weight excluding hydrogens is 228 g/mol. The first-order chi connectivity index (χ1) is 7.69. The first-order valence-electron chi connectivity index (χ1n) is 5.19. The maximum Gasteiger partial charge on any atom is 0.230 e. The lowest BCUT2D eigenvalue weighted by Gasteiger charge is -2.32. The van der Waals surface area contributed by atoms with Gasteiger partial charge in [0, 0.05) is 26.2 Å². The van der Waals surface area contributed by atoms with Gasteiger partial charge in [-0.05, 0) is 7.05 Å². The SMILES string of the molecule is CN1CCN(c2nc(N)nc(CCl)n2)CC1. The summed E-state index contributed by atoms with van der Waals surface area (Å²) in [7, 11) is 2.10. The number of hydrogen-bond acceptors (Lipinski definition) is 6. The molecule has 0 aliphatic carbocycles. The molecule has 1 aromatic heterocycles. The molecule has 7 heteroatoms. The van der Waals surface area contributed by atoms with Crippen molar-refractivity contribution in [2.24, 2.45) is 0 Å². The van der Waals surface area contributed by atoms with E-state index in [0.29, 0.717) is 11.8 Å². The third kappa shape index (κ3) is 2.51. The molecule has 2 heterocycles. The summed E-state index contributed by atoms with van der Waals surface area (Å²) in [5, 5.41) is 0. The third-order valence-electron chi connectivity index (χ3n) is 2.59. The van der Waals surface area contributed by atoms with Crippen LogP contribution in [0.2, 0.25) is 0 Å². The second kappa shape index (κ2) is 4.80. The number of piperazine rings is 1. The molecule has 1 fully saturated rings. The number of nitrogens with zero attached hydrogens (tertiary/aromatic N) is 5. The first-order valence-corrected chi connectivity index (χ1v) is 5.72. The van der Waals surface area contributed by atoms with Gasteiger partial charge in [-0.25, -0.2) is 0 Å². The van der Waals surface area contributed by atoms with E-state index >= 15 is 0 Å². The van der Waals surface area contributed by atoms with Crippen LogP contribution in [-0.4, -0.2) is 53.1 Å². The fraction of sp³-hybridized carbons (Fsp3) is 0.667. The predicted octanol–water partition coefficient (Wildman–Crippen LogP) is -0.0556. The Hall–Kier alpha value is -1.14. The minimum atomic E-state index is 0.236. The van der Waals surface area contributed by atoms with Gasteiger partial charge in [0.1, 0.15) is 0 Å². The van der Waals surface area contributed by atoms with E-state index in [4.69, 9.17) is 17.3 Å². The molecule has 0 aromatic carbocycles. The molecule has 0 atom stereocenters. The highest BCUT2D eigenvalue weighted by Gasteiger charge is 2.17. The van der Waals surface area contributed by atoms with Crippen molar-refractivity contribution in [1.82, 2.24) is 19.9 Å². The van der Waals surface area contributed by atoms with Gasteiger partial charge in [-0.2, -0.15) is 15.0 Å². The van der Waals surface area contributed by atoms with Crippen molar-refractivity contribution in [2.45, 2.75) is 5.88 Å². The summed E-state index contributed by atoms with van der Waals surface area (Å²) >= 11 is 5.70. The highest BCUT2D eigenvalue weighted by molar-refractivity contribution is 6.16. The van der Waals surface area contributed by atoms with Crippen molar-refractivity contribution in [3.63, 3.8) is 0 Å². The van der Waals surface area contributed by atoms with Crippen molar-refractivity contribution < 1.29 is 0 Å². The van der Waals surface area contributed by atoms with Crippen molar-refractivity contribution >= 4 is 23.5 Å². The molecule has 1 aromatic rings. The Morgan fingerprint density at radius 2 is 1.88 bits per heavy atom. The quantitative estimate of drug-likeness (QED) is 0.733. The number of anilines is 2. The van der Waals surface area contributed by atoms with Crippen molar-refractivity contribution in [3.8, 4) is 0 Å². The zero-order valence-electron chi connectivity index (χ0n) is 9.23. The molecule has 0 radical (unpaired) electrons. The van der Waals surface area contributed by atoms with E-state index in [0.717, 1.165) is 26.2 Å². The molecule has 6 nitrogen and oxygen atoms in total. The van der Waals surface area contributed by atoms with E-state index in [9.17, 15) is 0 Å². The summed E-state index contributed by atoms with van der Waals surface area (Å²) < 4.78 is 0. The van der Waals surface area contributed by atoms with Crippen molar-refractivity contribution in [2.75, 3.05) is 43.9 Å². The van der Waals surface area contributed by atoms with Gasteiger partial charge >= 0.3 is 0 Å². The van der Waals surface area contributed by atoms with E-state index in [2.05, 4.69) is 31.8 Å². The van der Waals surface area contributed by atoms with E-state index in [1.165, 1.54) is 0 Å². The van der Waals surface area contributed by atoms with Gasteiger partial charge in [0.05, 0.1) is 5.88 Å². The second-order valence-electron chi connectivity index (χ2n) is 3.83. The van der Waals surface area contributed by atoms with Crippen LogP contribution >= 0.6 is 11.6 Å². The third-order valence-corrected chi connectivity index (χ3v) is 2.83. The molecule has 1 aliphatic heterocycles. The van der Waals surface area contributed by atoms with E-state index < -0.39 is 0 Å². The van der Waals surface area contributed by atoms with Crippen LogP contribution in [0.3, 0.4) is 0 Å². The highest BCUT2D eigenvalue weighted by Crippen LogP contribution is 2.12. The smallest absolute Gasteiger partial charge is 0.230 e. The fourth-order valence-electron chi connectivity index (χ4n) is 1.63. The topological polar surface area (TPSA) is 71.2 Å². The summed E-state index contributed by atoms with van der Waals surface area (Å²) in [5.41, 5.74) is 5.61. The van der Waals surface area contributed by atoms with Crippen LogP contribution in [0.15, 0.2) is 0 Å². The van der Waals surface area contributed by atoms with E-state index in [1.807, 2.05) is 0 Å². The summed E-state index contributed by atoms with van der Waals surface area (Å²) in [6.45, 7) is 3.81. The van der Waals surface area contributed by atoms with Gasteiger partial charge < -0.3 is 15.5 Å². The summed E-state index contributed by atoms with van der Waals surface area (Å²) in [5.74, 6) is 1.66. The number of aromatic nitrogens is 3. The van der Waals surface area contributed by atoms with Crippen molar-refractivity contribution in [1.29, 1.82) is 0 Å². The molecule has 0 spiro atoms. The molecule has 0 saturated carbocycles. The number of likely N-dealkylation sites (N-methyl/N-ethyl adjacent to an activating group) is 1. The lowest BCUT2D eigenvalue weighted by molar-refractivity contribution is 0.311. The number of nitrogen functional groups attached to an aromatic ring is 1. The van der Waals surface area contributed by atoms with Crippen molar-refractivity contribution in [3.05, 3.63) is 5.82 Å². The average Bonchev–Trinajstić information content (AvgIpc) is 2.29. The summed E-state index contributed by atoms with van der Waals surface area (Å²) in [6, 6.07) is 0. The molecule has 0 unspecified atom stereocenters. The number of nitrogens with two attached hydrogens (primary N) is 1. The lowest BCUT2D eigenvalue weighted by Crippen LogP contribution is -2.45. The standard InChI is InChI=1S/C9H15ClN6/c1-15-2-4-16(5-3-15)9-13-7(6-10)12-8(11)14-9/h2-6H2,1H3,(H2,11,12,13,14). The summed E-state index contributed by atoms with van der Waals surface area (Å²) in [4.78, 5) is 16.7. The monoisotopic (exact) mass is 242 g/mol. The molecular formula is C9H15ClN6. The van der Waals surface area contributed by atoms with Gasteiger partial charge in [0.2, 0.25) is 11.9 Å². The number of hydrogen-bond donors (Lipinski definition) is 1. The van der Waals surface area contributed by atoms with Crippen LogP contribution in [0.4, 0.5) is 11.9 Å². The normalized spacial score (nSPS) is 17.8. The highest BCUT2D eigenvalue weighted by atomic mass is 35.5. The Kier molecular flexibility index (Phi) is 3.40. The Bertz CT molecular complexity index is 363. The fourth-order valence-corrected chi connectivity index (χ4v) is 1.75. The van der Waals surface area contributed by atoms with Gasteiger partial charge in [-0.15, -0.1) is 11.6 Å². The molecule has 2 N–H and O–H groups in total. The zero-order chi connectivity index (χ0) is 11.5. The first kappa shape index (κ1) is 11.3. The Balaban J connectivity index is 2.16. The largest absolute Gasteiger partial charge is 0.368 e. The van der Waals surface area contributed by atoms with Crippen LogP contribution in [-0.2, 0) is 5.88 Å². The van der Waals surface area contributed by atoms with E-state index in [-0.39, 0.29) is 11.8 Å². The number of rotatable bonds is 2. The molecule has 16 heavy (non-hydrogen) atoms. The number of halogens is 1. The molecule has 0 amide bonds. The summed E-state index contributed by atoms with van der Waals surface area (Å²) in [6.07, 6.45) is 0. The molecule has 88 valence electrons. The minimum Gasteiger partial charge on any atom is -0.368 e. The van der Waals surface area contributed by atoms with Gasteiger partial charge in [0.25, 0.3) is 0 Å². The Morgan fingerprint density at radius 3 is 2.50 bits per heavy atom. The maximum absolute atomic E-state index is 5.70. The zero-order valence-corrected chi connectivity index (χ0v) is 9.98. The molecule has 2 rings (SSSR count). The van der Waals surface area contributed by atoms with Crippen LogP contribution in [0, 0.1) is 0 Å². The lowest BCUT2D eigenvalue weighted by atomic mass is 10.3. The van der Waals surface area contributed by atoms with Crippen LogP contribution in [0.5, 0.6) is 0 Å². The van der Waals surface area contributed by atoms with Gasteiger partial charge in [-0.1, -0.05) is 0 Å². The molecule has 1 aliphatic rings. The van der Waals surface area contributed by atoms with Crippen LogP contribution in [0.25, 0.3) is 0 Å². The van der Waals surface area contributed by atoms with Crippen LogP contribution in [0.1, 0.15) is 5.82 Å². The van der Waals surface area contributed by atoms with E-state index in [1.54, 1.807) is 0 Å². The maximum atomic E-state index is 5.70. The average molecular weight is 243 g/mol. The molecule has 1 saturated heterocycles. The second-order valence-corrected chi connectivity index (χ2v) is 4.10.